The molecule has 2 aromatic rings. The Morgan fingerprint density at radius 1 is 1.14 bits per heavy atom. The zero-order valence-electron chi connectivity index (χ0n) is 17.0. The van der Waals surface area contributed by atoms with Crippen LogP contribution in [0, 0.1) is 0 Å². The largest absolute Gasteiger partial charge is 0.493 e. The third kappa shape index (κ3) is 5.16. The third-order valence-corrected chi connectivity index (χ3v) is 6.07. The van der Waals surface area contributed by atoms with E-state index in [-0.39, 0.29) is 11.8 Å². The number of benzene rings is 1. The van der Waals surface area contributed by atoms with E-state index in [1.54, 1.807) is 25.3 Å². The Kier molecular flexibility index (Phi) is 7.66. The fourth-order valence-electron chi connectivity index (χ4n) is 3.51. The van der Waals surface area contributed by atoms with Gasteiger partial charge >= 0.3 is 0 Å². The molecule has 0 saturated carbocycles. The Labute approximate surface area is 175 Å². The Hall–Kier alpha value is -2.38. The van der Waals surface area contributed by atoms with Crippen LogP contribution in [0.25, 0.3) is 0 Å². The summed E-state index contributed by atoms with van der Waals surface area (Å²) in [6.07, 6.45) is 4.75. The van der Waals surface area contributed by atoms with Gasteiger partial charge in [0, 0.05) is 25.1 Å². The summed E-state index contributed by atoms with van der Waals surface area (Å²) in [7, 11) is 1.64. The van der Waals surface area contributed by atoms with Crippen molar-refractivity contribution in [1.29, 1.82) is 0 Å². The fourth-order valence-corrected chi connectivity index (χ4v) is 4.79. The van der Waals surface area contributed by atoms with E-state index < -0.39 is 0 Å². The zero-order chi connectivity index (χ0) is 20.6. The Balaban J connectivity index is 1.84. The first kappa shape index (κ1) is 21.3. The molecule has 1 aromatic heterocycles. The summed E-state index contributed by atoms with van der Waals surface area (Å²) in [6.45, 7) is 3.50. The van der Waals surface area contributed by atoms with Crippen LogP contribution in [0.1, 0.15) is 57.3 Å². The second kappa shape index (κ2) is 10.4. The highest BCUT2D eigenvalue weighted by molar-refractivity contribution is 7.17. The van der Waals surface area contributed by atoms with Gasteiger partial charge in [-0.2, -0.15) is 0 Å². The smallest absolute Gasteiger partial charge is 0.260 e. The van der Waals surface area contributed by atoms with Gasteiger partial charge in [-0.25, -0.2) is 0 Å². The van der Waals surface area contributed by atoms with Gasteiger partial charge in [-0.05, 0) is 56.7 Å². The van der Waals surface area contributed by atoms with Gasteiger partial charge in [0.15, 0.2) is 0 Å². The van der Waals surface area contributed by atoms with Crippen LogP contribution in [0.3, 0.4) is 0 Å². The second-order valence-electron chi connectivity index (χ2n) is 6.90. The Bertz CT molecular complexity index is 862. The highest BCUT2D eigenvalue weighted by Gasteiger charge is 2.27. The molecule has 1 aliphatic carbocycles. The number of carbonyl (C=O) groups excluding carboxylic acids is 2. The van der Waals surface area contributed by atoms with E-state index in [9.17, 15) is 9.59 Å². The predicted molar refractivity (Wildman–Crippen MR) is 115 cm³/mol. The number of fused-ring (bicyclic) bond motifs is 1. The van der Waals surface area contributed by atoms with Crippen molar-refractivity contribution in [3.63, 3.8) is 0 Å². The molecule has 0 atom stereocenters. The SMILES string of the molecule is CCOc1ccccc1C(=O)Nc1sc2c(c1C(=O)NCCCOC)CCCC2. The van der Waals surface area contributed by atoms with Crippen LogP contribution in [0.4, 0.5) is 5.00 Å². The summed E-state index contributed by atoms with van der Waals surface area (Å²) < 4.78 is 10.6. The van der Waals surface area contributed by atoms with Crippen molar-refractivity contribution >= 4 is 28.2 Å². The van der Waals surface area contributed by atoms with Gasteiger partial charge in [0.25, 0.3) is 11.8 Å². The van der Waals surface area contributed by atoms with Crippen molar-refractivity contribution in [2.45, 2.75) is 39.0 Å². The first-order valence-electron chi connectivity index (χ1n) is 10.1. The van der Waals surface area contributed by atoms with Gasteiger partial charge in [0.2, 0.25) is 0 Å². The maximum Gasteiger partial charge on any atom is 0.260 e. The normalized spacial score (nSPS) is 12.9. The number of para-hydroxylation sites is 1. The summed E-state index contributed by atoms with van der Waals surface area (Å²) in [5.41, 5.74) is 2.16. The molecule has 0 aliphatic heterocycles. The average molecular weight is 417 g/mol. The minimum atomic E-state index is -0.263. The number of anilines is 1. The van der Waals surface area contributed by atoms with Crippen molar-refractivity contribution in [2.24, 2.45) is 0 Å². The van der Waals surface area contributed by atoms with E-state index in [4.69, 9.17) is 9.47 Å². The van der Waals surface area contributed by atoms with Crippen molar-refractivity contribution in [1.82, 2.24) is 5.32 Å². The van der Waals surface area contributed by atoms with Gasteiger partial charge in [-0.3, -0.25) is 9.59 Å². The summed E-state index contributed by atoms with van der Waals surface area (Å²) in [5, 5.41) is 6.57. The van der Waals surface area contributed by atoms with E-state index in [1.807, 2.05) is 13.0 Å². The summed E-state index contributed by atoms with van der Waals surface area (Å²) in [6, 6.07) is 7.16. The van der Waals surface area contributed by atoms with Crippen molar-refractivity contribution in [3.8, 4) is 5.75 Å². The van der Waals surface area contributed by atoms with E-state index in [2.05, 4.69) is 10.6 Å². The summed E-state index contributed by atoms with van der Waals surface area (Å²) in [4.78, 5) is 27.1. The van der Waals surface area contributed by atoms with Crippen LogP contribution in [0.2, 0.25) is 0 Å². The molecule has 6 nitrogen and oxygen atoms in total. The second-order valence-corrected chi connectivity index (χ2v) is 8.01. The lowest BCUT2D eigenvalue weighted by atomic mass is 9.95. The molecule has 0 unspecified atom stereocenters. The zero-order valence-corrected chi connectivity index (χ0v) is 17.8. The predicted octanol–water partition coefficient (Wildman–Crippen LogP) is 4.04. The van der Waals surface area contributed by atoms with Crippen LogP contribution in [0.5, 0.6) is 5.75 Å². The standard InChI is InChI=1S/C22H28N2O4S/c1-3-28-17-11-6-4-9-15(17)20(25)24-22-19(21(26)23-13-8-14-27-2)16-10-5-7-12-18(16)29-22/h4,6,9,11H,3,5,7-8,10,12-14H2,1-2H3,(H,23,26)(H,24,25). The van der Waals surface area contributed by atoms with Crippen molar-refractivity contribution in [2.75, 3.05) is 32.2 Å². The quantitative estimate of drug-likeness (QED) is 0.605. The lowest BCUT2D eigenvalue weighted by Gasteiger charge is -2.14. The Morgan fingerprint density at radius 3 is 2.72 bits per heavy atom. The number of rotatable bonds is 9. The number of hydrogen-bond acceptors (Lipinski definition) is 5. The molecule has 0 spiro atoms. The minimum absolute atomic E-state index is 0.131. The van der Waals surface area contributed by atoms with Crippen LogP contribution < -0.4 is 15.4 Å². The molecule has 156 valence electrons. The molecule has 29 heavy (non-hydrogen) atoms. The lowest BCUT2D eigenvalue weighted by Crippen LogP contribution is -2.27. The lowest BCUT2D eigenvalue weighted by molar-refractivity contribution is 0.0948. The molecule has 3 rings (SSSR count). The minimum Gasteiger partial charge on any atom is -0.493 e. The van der Waals surface area contributed by atoms with Crippen molar-refractivity contribution in [3.05, 3.63) is 45.8 Å². The number of methoxy groups -OCH3 is 1. The van der Waals surface area contributed by atoms with Crippen LogP contribution in [-0.4, -0.2) is 38.7 Å². The van der Waals surface area contributed by atoms with E-state index in [0.29, 0.717) is 41.6 Å². The number of aryl methyl sites for hydroxylation is 1. The molecule has 1 aliphatic rings. The number of ether oxygens (including phenoxy) is 2. The molecule has 7 heteroatoms. The molecule has 0 bridgehead atoms. The topological polar surface area (TPSA) is 76.7 Å². The number of amides is 2. The molecule has 0 radical (unpaired) electrons. The van der Waals surface area contributed by atoms with Crippen LogP contribution in [0.15, 0.2) is 24.3 Å². The molecule has 0 saturated heterocycles. The third-order valence-electron chi connectivity index (χ3n) is 4.87. The number of thiophene rings is 1. The number of carbonyl (C=O) groups is 2. The van der Waals surface area contributed by atoms with E-state index in [0.717, 1.165) is 37.7 Å². The fraction of sp³-hybridized carbons (Fsp3) is 0.455. The van der Waals surface area contributed by atoms with Gasteiger partial charge in [-0.1, -0.05) is 12.1 Å². The molecule has 1 heterocycles. The molecule has 1 aromatic carbocycles. The monoisotopic (exact) mass is 416 g/mol. The number of hydrogen-bond donors (Lipinski definition) is 2. The van der Waals surface area contributed by atoms with Gasteiger partial charge in [0.05, 0.1) is 17.7 Å². The first-order chi connectivity index (χ1) is 14.2. The first-order valence-corrected chi connectivity index (χ1v) is 10.9. The molecular weight excluding hydrogens is 388 g/mol. The van der Waals surface area contributed by atoms with Crippen molar-refractivity contribution < 1.29 is 19.1 Å². The summed E-state index contributed by atoms with van der Waals surface area (Å²) >= 11 is 1.52. The molecular formula is C22H28N2O4S. The summed E-state index contributed by atoms with van der Waals surface area (Å²) in [5.74, 6) is 0.148. The Morgan fingerprint density at radius 2 is 1.93 bits per heavy atom. The van der Waals surface area contributed by atoms with E-state index >= 15 is 0 Å². The average Bonchev–Trinajstić information content (AvgIpc) is 3.09. The van der Waals surface area contributed by atoms with Gasteiger partial charge in [-0.15, -0.1) is 11.3 Å². The van der Waals surface area contributed by atoms with Gasteiger partial charge < -0.3 is 20.1 Å². The number of nitrogens with one attached hydrogen (secondary N) is 2. The van der Waals surface area contributed by atoms with Gasteiger partial charge in [0.1, 0.15) is 10.8 Å². The molecule has 0 fully saturated rings. The maximum absolute atomic E-state index is 13.0. The molecule has 2 N–H and O–H groups in total. The highest BCUT2D eigenvalue weighted by atomic mass is 32.1. The van der Waals surface area contributed by atoms with E-state index in [1.165, 1.54) is 16.2 Å². The van der Waals surface area contributed by atoms with Crippen LogP contribution in [-0.2, 0) is 17.6 Å². The maximum atomic E-state index is 13.0. The molecule has 2 amide bonds. The van der Waals surface area contributed by atoms with Crippen LogP contribution >= 0.6 is 11.3 Å². The highest BCUT2D eigenvalue weighted by Crippen LogP contribution is 2.38.